The van der Waals surface area contributed by atoms with Crippen molar-refractivity contribution < 1.29 is 9.15 Å². The van der Waals surface area contributed by atoms with E-state index in [4.69, 9.17) is 9.15 Å². The van der Waals surface area contributed by atoms with Crippen LogP contribution in [0.1, 0.15) is 0 Å². The number of para-hydroxylation sites is 1. The average molecular weight is 304 g/mol. The molecule has 0 saturated carbocycles. The second-order valence-electron chi connectivity index (χ2n) is 4.88. The molecule has 0 atom stereocenters. The number of hydrogen-bond donors (Lipinski definition) is 0. The molecule has 6 heteroatoms. The number of pyridine rings is 2. The van der Waals surface area contributed by atoms with E-state index in [0.29, 0.717) is 23.2 Å². The van der Waals surface area contributed by atoms with E-state index in [1.807, 2.05) is 42.5 Å². The van der Waals surface area contributed by atoms with Crippen molar-refractivity contribution in [2.24, 2.45) is 0 Å². The van der Waals surface area contributed by atoms with Crippen molar-refractivity contribution in [3.63, 3.8) is 0 Å². The van der Waals surface area contributed by atoms with Crippen molar-refractivity contribution in [1.82, 2.24) is 20.2 Å². The Labute approximate surface area is 131 Å². The van der Waals surface area contributed by atoms with E-state index in [2.05, 4.69) is 20.2 Å². The molecule has 0 spiro atoms. The highest BCUT2D eigenvalue weighted by Gasteiger charge is 2.13. The lowest BCUT2D eigenvalue weighted by molar-refractivity contribution is 0.419. The van der Waals surface area contributed by atoms with Gasteiger partial charge in [-0.25, -0.2) is 4.98 Å². The summed E-state index contributed by atoms with van der Waals surface area (Å²) in [6.07, 6.45) is 3.37. The van der Waals surface area contributed by atoms with Crippen LogP contribution in [0.25, 0.3) is 33.9 Å². The maximum absolute atomic E-state index is 5.71. The Bertz CT molecular complexity index is 967. The van der Waals surface area contributed by atoms with Gasteiger partial charge >= 0.3 is 0 Å². The molecule has 112 valence electrons. The van der Waals surface area contributed by atoms with Gasteiger partial charge in [0.25, 0.3) is 5.89 Å². The number of aromatic nitrogens is 4. The van der Waals surface area contributed by atoms with E-state index >= 15 is 0 Å². The molecule has 0 unspecified atom stereocenters. The van der Waals surface area contributed by atoms with Crippen LogP contribution in [-0.2, 0) is 0 Å². The molecule has 6 nitrogen and oxygen atoms in total. The lowest BCUT2D eigenvalue weighted by atomic mass is 10.2. The van der Waals surface area contributed by atoms with Gasteiger partial charge in [0.2, 0.25) is 5.89 Å². The molecule has 0 aliphatic heterocycles. The standard InChI is InChI=1S/C17H12N4O2/c1-22-14-6-2-4-11-7-8-13(19-15(11)14)17-21-20-16(23-17)12-5-3-9-18-10-12/h2-10H,1H3. The fourth-order valence-corrected chi connectivity index (χ4v) is 2.34. The van der Waals surface area contributed by atoms with Crippen LogP contribution in [0.2, 0.25) is 0 Å². The second-order valence-corrected chi connectivity index (χ2v) is 4.88. The normalized spacial score (nSPS) is 10.8. The molecular formula is C17H12N4O2. The van der Waals surface area contributed by atoms with Gasteiger partial charge in [0.1, 0.15) is 17.0 Å². The zero-order valence-corrected chi connectivity index (χ0v) is 12.3. The minimum absolute atomic E-state index is 0.358. The molecule has 0 radical (unpaired) electrons. The number of methoxy groups -OCH3 is 1. The summed E-state index contributed by atoms with van der Waals surface area (Å²) in [7, 11) is 1.62. The molecule has 23 heavy (non-hydrogen) atoms. The van der Waals surface area contributed by atoms with E-state index < -0.39 is 0 Å². The molecule has 4 aromatic rings. The van der Waals surface area contributed by atoms with E-state index in [0.717, 1.165) is 16.5 Å². The molecule has 0 bridgehead atoms. The maximum Gasteiger partial charge on any atom is 0.266 e. The first-order valence-corrected chi connectivity index (χ1v) is 7.03. The first-order valence-electron chi connectivity index (χ1n) is 7.03. The Balaban J connectivity index is 1.79. The lowest BCUT2D eigenvalue weighted by Crippen LogP contribution is -1.90. The van der Waals surface area contributed by atoms with Crippen molar-refractivity contribution >= 4 is 10.9 Å². The molecule has 0 saturated heterocycles. The molecule has 1 aromatic carbocycles. The molecule has 0 N–H and O–H groups in total. The third-order valence-corrected chi connectivity index (χ3v) is 3.46. The lowest BCUT2D eigenvalue weighted by Gasteiger charge is -2.04. The number of benzene rings is 1. The van der Waals surface area contributed by atoms with E-state index in [1.165, 1.54) is 0 Å². The molecule has 0 fully saturated rings. The highest BCUT2D eigenvalue weighted by Crippen LogP contribution is 2.27. The summed E-state index contributed by atoms with van der Waals surface area (Å²) in [6.45, 7) is 0. The number of ether oxygens (including phenoxy) is 1. The quantitative estimate of drug-likeness (QED) is 0.578. The van der Waals surface area contributed by atoms with Gasteiger partial charge in [-0.1, -0.05) is 18.2 Å². The van der Waals surface area contributed by atoms with Crippen LogP contribution in [0.15, 0.2) is 59.3 Å². The summed E-state index contributed by atoms with van der Waals surface area (Å²) in [4.78, 5) is 8.63. The molecule has 4 rings (SSSR count). The van der Waals surface area contributed by atoms with Crippen molar-refractivity contribution in [1.29, 1.82) is 0 Å². The van der Waals surface area contributed by atoms with Crippen LogP contribution >= 0.6 is 0 Å². The second kappa shape index (κ2) is 5.49. The summed E-state index contributed by atoms with van der Waals surface area (Å²) in [6, 6.07) is 13.3. The fraction of sp³-hybridized carbons (Fsp3) is 0.0588. The van der Waals surface area contributed by atoms with Crippen LogP contribution in [-0.4, -0.2) is 27.3 Å². The van der Waals surface area contributed by atoms with E-state index in [9.17, 15) is 0 Å². The van der Waals surface area contributed by atoms with Crippen molar-refractivity contribution in [3.05, 3.63) is 54.9 Å². The number of hydrogen-bond acceptors (Lipinski definition) is 6. The van der Waals surface area contributed by atoms with Crippen molar-refractivity contribution in [3.8, 4) is 28.8 Å². The SMILES string of the molecule is COc1cccc2ccc(-c3nnc(-c4cccnc4)o3)nc12. The zero-order chi connectivity index (χ0) is 15.6. The highest BCUT2D eigenvalue weighted by atomic mass is 16.5. The van der Waals surface area contributed by atoms with Gasteiger partial charge in [-0.3, -0.25) is 4.98 Å². The van der Waals surface area contributed by atoms with Gasteiger partial charge in [-0.05, 0) is 24.3 Å². The van der Waals surface area contributed by atoms with Crippen LogP contribution in [0, 0.1) is 0 Å². The predicted octanol–water partition coefficient (Wildman–Crippen LogP) is 3.36. The maximum atomic E-state index is 5.71. The Morgan fingerprint density at radius 1 is 0.957 bits per heavy atom. The topological polar surface area (TPSA) is 73.9 Å². The van der Waals surface area contributed by atoms with Crippen molar-refractivity contribution in [2.45, 2.75) is 0 Å². The van der Waals surface area contributed by atoms with Gasteiger partial charge in [0.15, 0.2) is 0 Å². The van der Waals surface area contributed by atoms with Crippen LogP contribution < -0.4 is 4.74 Å². The Morgan fingerprint density at radius 2 is 1.87 bits per heavy atom. The van der Waals surface area contributed by atoms with Crippen LogP contribution in [0.3, 0.4) is 0 Å². The fourth-order valence-electron chi connectivity index (χ4n) is 2.34. The number of rotatable bonds is 3. The molecule has 0 amide bonds. The average Bonchev–Trinajstić information content (AvgIpc) is 3.11. The molecule has 0 aliphatic rings. The third-order valence-electron chi connectivity index (χ3n) is 3.46. The third kappa shape index (κ3) is 2.40. The summed E-state index contributed by atoms with van der Waals surface area (Å²) in [5, 5.41) is 9.12. The van der Waals surface area contributed by atoms with Gasteiger partial charge < -0.3 is 9.15 Å². The molecule has 0 aliphatic carbocycles. The Morgan fingerprint density at radius 3 is 2.70 bits per heavy atom. The van der Waals surface area contributed by atoms with E-state index in [1.54, 1.807) is 19.5 Å². The number of nitrogens with zero attached hydrogens (tertiary/aromatic N) is 4. The smallest absolute Gasteiger partial charge is 0.266 e. The molecular weight excluding hydrogens is 292 g/mol. The van der Waals surface area contributed by atoms with Gasteiger partial charge in [-0.15, -0.1) is 10.2 Å². The van der Waals surface area contributed by atoms with Crippen molar-refractivity contribution in [2.75, 3.05) is 7.11 Å². The summed E-state index contributed by atoms with van der Waals surface area (Å²) in [5.41, 5.74) is 2.13. The van der Waals surface area contributed by atoms with E-state index in [-0.39, 0.29) is 0 Å². The zero-order valence-electron chi connectivity index (χ0n) is 12.3. The first kappa shape index (κ1) is 13.4. The number of fused-ring (bicyclic) bond motifs is 1. The minimum Gasteiger partial charge on any atom is -0.494 e. The monoisotopic (exact) mass is 304 g/mol. The predicted molar refractivity (Wildman–Crippen MR) is 84.8 cm³/mol. The first-order chi connectivity index (χ1) is 11.3. The van der Waals surface area contributed by atoms with Crippen LogP contribution in [0.4, 0.5) is 0 Å². The molecule has 3 heterocycles. The Kier molecular flexibility index (Phi) is 3.20. The Hall–Kier alpha value is -3.28. The summed E-state index contributed by atoms with van der Waals surface area (Å²) in [5.74, 6) is 1.48. The van der Waals surface area contributed by atoms with Crippen LogP contribution in [0.5, 0.6) is 5.75 Å². The van der Waals surface area contributed by atoms with Gasteiger partial charge in [0, 0.05) is 17.8 Å². The van der Waals surface area contributed by atoms with Gasteiger partial charge in [-0.2, -0.15) is 0 Å². The minimum atomic E-state index is 0.358. The summed E-state index contributed by atoms with van der Waals surface area (Å²) < 4.78 is 11.1. The van der Waals surface area contributed by atoms with Gasteiger partial charge in [0.05, 0.1) is 12.7 Å². The largest absolute Gasteiger partial charge is 0.494 e. The molecule has 3 aromatic heterocycles. The summed E-state index contributed by atoms with van der Waals surface area (Å²) >= 11 is 0. The highest BCUT2D eigenvalue weighted by molar-refractivity contribution is 5.86.